The fourth-order valence-corrected chi connectivity index (χ4v) is 2.29. The van der Waals surface area contributed by atoms with Crippen LogP contribution < -0.4 is 0 Å². The maximum Gasteiger partial charge on any atom is 0.143 e. The van der Waals surface area contributed by atoms with Gasteiger partial charge in [-0.1, -0.05) is 36.4 Å². The maximum absolute atomic E-state index is 10.0. The van der Waals surface area contributed by atoms with Crippen LogP contribution in [0.5, 0.6) is 5.75 Å². The van der Waals surface area contributed by atoms with Gasteiger partial charge in [0.2, 0.25) is 0 Å². The number of rotatable bonds is 3. The Labute approximate surface area is 128 Å². The van der Waals surface area contributed by atoms with Crippen LogP contribution in [0.15, 0.2) is 69.8 Å². The maximum atomic E-state index is 10.0. The van der Waals surface area contributed by atoms with Gasteiger partial charge in [-0.25, -0.2) is 0 Å². The molecule has 0 saturated heterocycles. The normalized spacial score (nSPS) is 11.1. The summed E-state index contributed by atoms with van der Waals surface area (Å²) in [5.74, 6) is 0.108. The van der Waals surface area contributed by atoms with Crippen molar-refractivity contribution in [3.8, 4) is 5.75 Å². The molecule has 108 valence electrons. The molecule has 0 spiro atoms. The Morgan fingerprint density at radius 2 is 1.77 bits per heavy atom. The number of benzene rings is 3. The molecule has 0 aliphatic heterocycles. The van der Waals surface area contributed by atoms with Gasteiger partial charge in [0.15, 0.2) is 0 Å². The minimum atomic E-state index is 0.108. The number of phenols is 1. The van der Waals surface area contributed by atoms with Crippen molar-refractivity contribution in [1.82, 2.24) is 0 Å². The van der Waals surface area contributed by atoms with E-state index >= 15 is 0 Å². The molecule has 1 N–H and O–H groups in total. The van der Waals surface area contributed by atoms with Crippen LogP contribution in [0.25, 0.3) is 10.8 Å². The van der Waals surface area contributed by atoms with Crippen LogP contribution in [0.4, 0.5) is 17.1 Å². The van der Waals surface area contributed by atoms with E-state index in [0.717, 1.165) is 22.0 Å². The Kier molecular flexibility index (Phi) is 3.66. The van der Waals surface area contributed by atoms with Crippen LogP contribution in [0.2, 0.25) is 0 Å². The van der Waals surface area contributed by atoms with Crippen molar-refractivity contribution >= 4 is 34.6 Å². The van der Waals surface area contributed by atoms with Crippen molar-refractivity contribution < 1.29 is 5.11 Å². The second-order valence-corrected chi connectivity index (χ2v) is 4.98. The Morgan fingerprint density at radius 3 is 2.59 bits per heavy atom. The first-order valence-corrected chi connectivity index (χ1v) is 6.89. The van der Waals surface area contributed by atoms with E-state index in [2.05, 4.69) is 21.9 Å². The van der Waals surface area contributed by atoms with Crippen molar-refractivity contribution in [3.05, 3.63) is 60.2 Å². The molecule has 0 aliphatic rings. The molecule has 0 heterocycles. The van der Waals surface area contributed by atoms with Gasteiger partial charge >= 0.3 is 0 Å². The van der Waals surface area contributed by atoms with Gasteiger partial charge in [0.05, 0.1) is 11.4 Å². The van der Waals surface area contributed by atoms with Gasteiger partial charge in [0.25, 0.3) is 0 Å². The van der Waals surface area contributed by atoms with E-state index < -0.39 is 0 Å². The van der Waals surface area contributed by atoms with Crippen LogP contribution in [0.1, 0.15) is 5.56 Å². The molecule has 0 amide bonds. The Bertz CT molecular complexity index is 885. The lowest BCUT2D eigenvalue weighted by molar-refractivity contribution is 0.477. The summed E-state index contributed by atoms with van der Waals surface area (Å²) in [5, 5.41) is 20.4. The van der Waals surface area contributed by atoms with Crippen LogP contribution in [0, 0.1) is 6.92 Å². The molecule has 0 saturated carbocycles. The summed E-state index contributed by atoms with van der Waals surface area (Å²) in [6.07, 6.45) is 0. The predicted molar refractivity (Wildman–Crippen MR) is 90.2 cm³/mol. The number of aliphatic imine (C=N–C) groups is 1. The van der Waals surface area contributed by atoms with E-state index in [1.54, 1.807) is 6.07 Å². The Hall–Kier alpha value is -3.01. The van der Waals surface area contributed by atoms with E-state index in [9.17, 15) is 5.11 Å². The van der Waals surface area contributed by atoms with Crippen molar-refractivity contribution in [1.29, 1.82) is 0 Å². The van der Waals surface area contributed by atoms with Gasteiger partial charge in [0.1, 0.15) is 11.4 Å². The minimum absolute atomic E-state index is 0.108. The molecule has 3 rings (SSSR count). The highest BCUT2D eigenvalue weighted by atomic mass is 16.3. The first-order chi connectivity index (χ1) is 10.7. The van der Waals surface area contributed by atoms with Crippen molar-refractivity contribution in [2.45, 2.75) is 6.92 Å². The number of fused-ring (bicyclic) bond motifs is 1. The van der Waals surface area contributed by atoms with Gasteiger partial charge in [-0.05, 0) is 42.8 Å². The van der Waals surface area contributed by atoms with Gasteiger partial charge < -0.3 is 5.11 Å². The average molecular weight is 289 g/mol. The Balaban J connectivity index is 2.06. The highest BCUT2D eigenvalue weighted by molar-refractivity contribution is 5.95. The van der Waals surface area contributed by atoms with E-state index in [0.29, 0.717) is 11.4 Å². The quantitative estimate of drug-likeness (QED) is 0.495. The average Bonchev–Trinajstić information content (AvgIpc) is 2.55. The summed E-state index contributed by atoms with van der Waals surface area (Å²) in [4.78, 5) is 3.95. The zero-order valence-electron chi connectivity index (χ0n) is 12.2. The first-order valence-electron chi connectivity index (χ1n) is 6.89. The fraction of sp³-hybridized carbons (Fsp3) is 0.0556. The minimum Gasteiger partial charge on any atom is -0.506 e. The summed E-state index contributed by atoms with van der Waals surface area (Å²) in [5.41, 5.74) is 2.94. The van der Waals surface area contributed by atoms with Gasteiger partial charge in [-0.2, -0.15) is 5.11 Å². The molecule has 0 atom stereocenters. The molecular formula is C18H15N3O. The number of phenolic OH excluding ortho intramolecular Hbond substituents is 1. The van der Waals surface area contributed by atoms with Crippen molar-refractivity contribution in [3.63, 3.8) is 0 Å². The molecule has 0 radical (unpaired) electrons. The number of aromatic hydroxyl groups is 1. The van der Waals surface area contributed by atoms with Crippen molar-refractivity contribution in [2.75, 3.05) is 0 Å². The topological polar surface area (TPSA) is 57.3 Å². The molecule has 4 heteroatoms. The highest BCUT2D eigenvalue weighted by Gasteiger charge is 2.06. The summed E-state index contributed by atoms with van der Waals surface area (Å²) in [7, 11) is 0. The van der Waals surface area contributed by atoms with E-state index in [1.807, 2.05) is 55.5 Å². The van der Waals surface area contributed by atoms with Crippen LogP contribution in [-0.4, -0.2) is 11.8 Å². The summed E-state index contributed by atoms with van der Waals surface area (Å²) < 4.78 is 0. The summed E-state index contributed by atoms with van der Waals surface area (Å²) in [6.45, 7) is 5.50. The van der Waals surface area contributed by atoms with Crippen LogP contribution in [-0.2, 0) is 0 Å². The van der Waals surface area contributed by atoms with Crippen LogP contribution in [0.3, 0.4) is 0 Å². The van der Waals surface area contributed by atoms with E-state index in [1.165, 1.54) is 0 Å². The third kappa shape index (κ3) is 2.59. The molecule has 0 aromatic heterocycles. The SMILES string of the molecule is C=Nc1cc(N=Nc2c(O)ccc3ccccc23)ccc1C. The number of hydrogen-bond acceptors (Lipinski definition) is 4. The third-order valence-corrected chi connectivity index (χ3v) is 3.51. The standard InChI is InChI=1S/C18H15N3O/c1-12-7-9-14(11-16(12)19-2)20-21-18-15-6-4-3-5-13(15)8-10-17(18)22/h3-11,22H,2H2,1H3. The number of aryl methyl sites for hydroxylation is 1. The second-order valence-electron chi connectivity index (χ2n) is 4.98. The molecular weight excluding hydrogens is 274 g/mol. The first kappa shape index (κ1) is 13.9. The number of nitrogens with zero attached hydrogens (tertiary/aromatic N) is 3. The predicted octanol–water partition coefficient (Wildman–Crippen LogP) is 5.60. The lowest BCUT2D eigenvalue weighted by atomic mass is 10.1. The zero-order valence-corrected chi connectivity index (χ0v) is 12.2. The second kappa shape index (κ2) is 5.77. The smallest absolute Gasteiger partial charge is 0.143 e. The van der Waals surface area contributed by atoms with E-state index in [4.69, 9.17) is 0 Å². The molecule has 0 bridgehead atoms. The monoisotopic (exact) mass is 289 g/mol. The van der Waals surface area contributed by atoms with Crippen molar-refractivity contribution in [2.24, 2.45) is 15.2 Å². The molecule has 3 aromatic rings. The number of azo groups is 1. The summed E-state index contributed by atoms with van der Waals surface area (Å²) in [6, 6.07) is 16.8. The summed E-state index contributed by atoms with van der Waals surface area (Å²) >= 11 is 0. The van der Waals surface area contributed by atoms with E-state index in [-0.39, 0.29) is 5.75 Å². The highest BCUT2D eigenvalue weighted by Crippen LogP contribution is 2.36. The van der Waals surface area contributed by atoms with Gasteiger partial charge in [-0.15, -0.1) is 5.11 Å². The Morgan fingerprint density at radius 1 is 0.955 bits per heavy atom. The van der Waals surface area contributed by atoms with Crippen LogP contribution >= 0.6 is 0 Å². The fourth-order valence-electron chi connectivity index (χ4n) is 2.29. The molecule has 0 fully saturated rings. The molecule has 0 unspecified atom stereocenters. The lowest BCUT2D eigenvalue weighted by Gasteiger charge is -2.04. The third-order valence-electron chi connectivity index (χ3n) is 3.51. The van der Waals surface area contributed by atoms with Gasteiger partial charge in [-0.3, -0.25) is 4.99 Å². The zero-order chi connectivity index (χ0) is 15.5. The largest absolute Gasteiger partial charge is 0.506 e. The molecule has 4 nitrogen and oxygen atoms in total. The number of hydrogen-bond donors (Lipinski definition) is 1. The molecule has 0 aliphatic carbocycles. The lowest BCUT2D eigenvalue weighted by Crippen LogP contribution is -1.75. The molecule has 22 heavy (non-hydrogen) atoms. The molecule has 3 aromatic carbocycles. The van der Waals surface area contributed by atoms with Gasteiger partial charge in [0, 0.05) is 5.39 Å².